The van der Waals surface area contributed by atoms with Crippen molar-refractivity contribution in [2.45, 2.75) is 23.9 Å². The van der Waals surface area contributed by atoms with E-state index in [-0.39, 0.29) is 11.8 Å². The maximum atomic E-state index is 14.3. The molecule has 1 atom stereocenters. The van der Waals surface area contributed by atoms with E-state index in [9.17, 15) is 40.2 Å². The first-order valence-corrected chi connectivity index (χ1v) is 7.24. The van der Waals surface area contributed by atoms with Gasteiger partial charge in [0.05, 0.1) is 12.7 Å². The van der Waals surface area contributed by atoms with E-state index in [4.69, 9.17) is 4.74 Å². The third-order valence-electron chi connectivity index (χ3n) is 3.93. The molecular weight excluding hydrogens is 388 g/mol. The van der Waals surface area contributed by atoms with Crippen LogP contribution in [0.1, 0.15) is 16.7 Å². The quantitative estimate of drug-likeness (QED) is 0.720. The zero-order valence-electron chi connectivity index (χ0n) is 13.5. The molecule has 0 aromatic heterocycles. The molecular formula is C17H12F8O2. The fraction of sp³-hybridized carbons (Fsp3) is 0.294. The maximum Gasteiger partial charge on any atom is 0.457 e. The Balaban J connectivity index is 2.78. The van der Waals surface area contributed by atoms with Gasteiger partial charge in [-0.2, -0.15) is 35.1 Å². The third kappa shape index (κ3) is 3.58. The lowest BCUT2D eigenvalue weighted by atomic mass is 9.80. The van der Waals surface area contributed by atoms with Crippen molar-refractivity contribution in [1.29, 1.82) is 0 Å². The molecule has 10 heteroatoms. The lowest BCUT2D eigenvalue weighted by Gasteiger charge is -2.37. The highest BCUT2D eigenvalue weighted by Crippen LogP contribution is 2.52. The predicted molar refractivity (Wildman–Crippen MR) is 78.4 cm³/mol. The summed E-state index contributed by atoms with van der Waals surface area (Å²) in [6.07, 6.45) is -11.2. The topological polar surface area (TPSA) is 29.5 Å². The number of halogens is 8. The summed E-state index contributed by atoms with van der Waals surface area (Å²) in [6, 6.07) is 5.20. The Hall–Kier alpha value is -2.36. The highest BCUT2D eigenvalue weighted by molar-refractivity contribution is 5.43. The summed E-state index contributed by atoms with van der Waals surface area (Å²) in [7, 11) is 1.21. The van der Waals surface area contributed by atoms with E-state index in [1.54, 1.807) is 0 Å². The Bertz CT molecular complexity index is 796. The third-order valence-corrected chi connectivity index (χ3v) is 3.93. The van der Waals surface area contributed by atoms with Gasteiger partial charge in [-0.3, -0.25) is 0 Å². The van der Waals surface area contributed by atoms with E-state index in [2.05, 4.69) is 0 Å². The van der Waals surface area contributed by atoms with Gasteiger partial charge in [0.25, 0.3) is 0 Å². The van der Waals surface area contributed by atoms with Gasteiger partial charge in [-0.15, -0.1) is 0 Å². The normalized spacial score (nSPS) is 15.3. The summed E-state index contributed by atoms with van der Waals surface area (Å²) in [6.45, 7) is 0. The van der Waals surface area contributed by atoms with Crippen LogP contribution in [0.3, 0.4) is 0 Å². The minimum Gasteiger partial charge on any atom is -0.497 e. The first-order valence-electron chi connectivity index (χ1n) is 7.24. The van der Waals surface area contributed by atoms with Crippen LogP contribution in [0.5, 0.6) is 5.75 Å². The molecule has 0 bridgehead atoms. The first-order chi connectivity index (χ1) is 12.2. The Labute approximate surface area is 148 Å². The van der Waals surface area contributed by atoms with Crippen LogP contribution in [0, 0.1) is 0 Å². The smallest absolute Gasteiger partial charge is 0.457 e. The lowest BCUT2D eigenvalue weighted by molar-refractivity contribution is -0.336. The van der Waals surface area contributed by atoms with Crippen molar-refractivity contribution < 1.29 is 45.0 Å². The van der Waals surface area contributed by atoms with Crippen LogP contribution in [0.25, 0.3) is 0 Å². The van der Waals surface area contributed by atoms with Gasteiger partial charge in [-0.25, -0.2) is 0 Å². The van der Waals surface area contributed by atoms with Gasteiger partial charge in [0.2, 0.25) is 0 Å². The van der Waals surface area contributed by atoms with Crippen LogP contribution in [-0.2, 0) is 11.8 Å². The summed E-state index contributed by atoms with van der Waals surface area (Å²) in [5.41, 5.74) is -7.79. The minimum atomic E-state index is -6.24. The highest BCUT2D eigenvalue weighted by atomic mass is 19.4. The summed E-state index contributed by atoms with van der Waals surface area (Å²) in [5.74, 6) is -5.71. The monoisotopic (exact) mass is 400 g/mol. The van der Waals surface area contributed by atoms with Crippen LogP contribution >= 0.6 is 0 Å². The maximum absolute atomic E-state index is 14.3. The molecule has 2 rings (SSSR count). The Kier molecular flexibility index (Phi) is 5.17. The van der Waals surface area contributed by atoms with Gasteiger partial charge in [0.15, 0.2) is 5.60 Å². The Morgan fingerprint density at radius 2 is 1.26 bits per heavy atom. The molecule has 0 heterocycles. The van der Waals surface area contributed by atoms with Crippen LogP contribution in [0.4, 0.5) is 35.1 Å². The molecule has 27 heavy (non-hydrogen) atoms. The van der Waals surface area contributed by atoms with E-state index < -0.39 is 40.6 Å². The van der Waals surface area contributed by atoms with Gasteiger partial charge >= 0.3 is 18.3 Å². The number of hydrogen-bond acceptors (Lipinski definition) is 2. The Morgan fingerprint density at radius 1 is 0.741 bits per heavy atom. The zero-order chi connectivity index (χ0) is 20.7. The van der Waals surface area contributed by atoms with Crippen molar-refractivity contribution in [3.8, 4) is 5.75 Å². The van der Waals surface area contributed by atoms with Gasteiger partial charge in [0, 0.05) is 0 Å². The van der Waals surface area contributed by atoms with Gasteiger partial charge in [0.1, 0.15) is 5.75 Å². The largest absolute Gasteiger partial charge is 0.497 e. The van der Waals surface area contributed by atoms with Crippen LogP contribution in [-0.4, -0.2) is 24.3 Å². The standard InChI is InChI=1S/C17H12F8O2/c1-27-13-7-5-10(6-8-13)14(26,16(21,22)17(23,24)25)11-3-2-4-12(9-11)15(18,19)20/h2-9,26H,1H3. The molecule has 148 valence electrons. The second-order valence-electron chi connectivity index (χ2n) is 5.59. The molecule has 2 aromatic carbocycles. The minimum absolute atomic E-state index is 0.0594. The molecule has 2 nitrogen and oxygen atoms in total. The lowest BCUT2D eigenvalue weighted by Crippen LogP contribution is -2.55. The summed E-state index contributed by atoms with van der Waals surface area (Å²) < 4.78 is 111. The number of rotatable bonds is 4. The summed E-state index contributed by atoms with van der Waals surface area (Å²) in [5, 5.41) is 10.5. The van der Waals surface area contributed by atoms with Crippen molar-refractivity contribution in [3.05, 3.63) is 65.2 Å². The molecule has 0 saturated carbocycles. The molecule has 0 aliphatic carbocycles. The van der Waals surface area contributed by atoms with Crippen LogP contribution in [0.15, 0.2) is 48.5 Å². The van der Waals surface area contributed by atoms with Crippen molar-refractivity contribution in [3.63, 3.8) is 0 Å². The number of methoxy groups -OCH3 is 1. The highest BCUT2D eigenvalue weighted by Gasteiger charge is 2.71. The molecule has 0 aliphatic rings. The fourth-order valence-electron chi connectivity index (χ4n) is 2.49. The number of ether oxygens (including phenoxy) is 1. The molecule has 0 spiro atoms. The van der Waals surface area contributed by atoms with Crippen molar-refractivity contribution in [1.82, 2.24) is 0 Å². The number of alkyl halides is 8. The van der Waals surface area contributed by atoms with Crippen molar-refractivity contribution in [2.24, 2.45) is 0 Å². The fourth-order valence-corrected chi connectivity index (χ4v) is 2.49. The number of benzene rings is 2. The molecule has 1 unspecified atom stereocenters. The SMILES string of the molecule is COc1ccc(C(O)(c2cccc(C(F)(F)F)c2)C(F)(F)C(F)(F)F)cc1. The van der Waals surface area contributed by atoms with Gasteiger partial charge in [-0.05, 0) is 35.4 Å². The van der Waals surface area contributed by atoms with Crippen LogP contribution < -0.4 is 4.74 Å². The molecule has 2 aromatic rings. The first kappa shape index (κ1) is 20.9. The molecule has 0 saturated heterocycles. The number of aliphatic hydroxyl groups is 1. The molecule has 1 N–H and O–H groups in total. The van der Waals surface area contributed by atoms with Crippen molar-refractivity contribution >= 4 is 0 Å². The average molecular weight is 400 g/mol. The van der Waals surface area contributed by atoms with E-state index in [0.717, 1.165) is 24.3 Å². The second kappa shape index (κ2) is 6.66. The predicted octanol–water partition coefficient (Wildman–Crippen LogP) is 5.15. The Morgan fingerprint density at radius 3 is 1.70 bits per heavy atom. The van der Waals surface area contributed by atoms with E-state index in [1.807, 2.05) is 0 Å². The average Bonchev–Trinajstić information content (AvgIpc) is 2.59. The van der Waals surface area contributed by atoms with Gasteiger partial charge in [-0.1, -0.05) is 24.3 Å². The van der Waals surface area contributed by atoms with E-state index in [1.165, 1.54) is 7.11 Å². The van der Waals surface area contributed by atoms with Crippen molar-refractivity contribution in [2.75, 3.05) is 7.11 Å². The van der Waals surface area contributed by atoms with Gasteiger partial charge < -0.3 is 9.84 Å². The van der Waals surface area contributed by atoms with E-state index >= 15 is 0 Å². The second-order valence-corrected chi connectivity index (χ2v) is 5.59. The molecule has 0 amide bonds. The molecule has 0 aliphatic heterocycles. The van der Waals surface area contributed by atoms with E-state index in [0.29, 0.717) is 18.2 Å². The zero-order valence-corrected chi connectivity index (χ0v) is 13.5. The summed E-state index contributed by atoms with van der Waals surface area (Å²) >= 11 is 0. The van der Waals surface area contributed by atoms with Crippen LogP contribution in [0.2, 0.25) is 0 Å². The molecule has 0 fully saturated rings. The number of hydrogen-bond donors (Lipinski definition) is 1. The molecule has 0 radical (unpaired) electrons. The summed E-state index contributed by atoms with van der Waals surface area (Å²) in [4.78, 5) is 0.